The van der Waals surface area contributed by atoms with Crippen molar-refractivity contribution in [1.29, 1.82) is 0 Å². The minimum absolute atomic E-state index is 0.184. The summed E-state index contributed by atoms with van der Waals surface area (Å²) in [5.41, 5.74) is 0. The van der Waals surface area contributed by atoms with Gasteiger partial charge in [0.2, 0.25) is 5.91 Å². The van der Waals surface area contributed by atoms with Crippen LogP contribution in [0.1, 0.15) is 136 Å². The fourth-order valence-electron chi connectivity index (χ4n) is 5.27. The summed E-state index contributed by atoms with van der Waals surface area (Å²) >= 11 is 0. The van der Waals surface area contributed by atoms with Gasteiger partial charge < -0.3 is 40.3 Å². The molecule has 0 aromatic carbocycles. The number of unbranched alkanes of at least 4 members (excludes halogenated alkanes) is 16. The van der Waals surface area contributed by atoms with Crippen LogP contribution in [0.15, 0.2) is 12.2 Å². The molecule has 1 saturated heterocycles. The number of carbonyl (C=O) groups excluding carboxylic acids is 1. The number of aliphatic hydroxyl groups is 5. The van der Waals surface area contributed by atoms with Gasteiger partial charge in [0.15, 0.2) is 6.29 Å². The number of amides is 1. The van der Waals surface area contributed by atoms with E-state index in [1.54, 1.807) is 6.08 Å². The molecule has 0 aliphatic carbocycles. The van der Waals surface area contributed by atoms with Gasteiger partial charge in [-0.3, -0.25) is 4.79 Å². The van der Waals surface area contributed by atoms with Crippen LogP contribution in [0.5, 0.6) is 0 Å². The van der Waals surface area contributed by atoms with Crippen molar-refractivity contribution in [2.24, 2.45) is 0 Å². The van der Waals surface area contributed by atoms with E-state index < -0.39 is 49.5 Å². The van der Waals surface area contributed by atoms with Gasteiger partial charge in [0.25, 0.3) is 0 Å². The second-order valence-electron chi connectivity index (χ2n) is 12.0. The zero-order chi connectivity index (χ0) is 31.0. The van der Waals surface area contributed by atoms with Crippen LogP contribution < -0.4 is 5.32 Å². The lowest BCUT2D eigenvalue weighted by Crippen LogP contribution is -2.60. The van der Waals surface area contributed by atoms with Crippen molar-refractivity contribution in [1.82, 2.24) is 5.32 Å². The summed E-state index contributed by atoms with van der Waals surface area (Å²) in [6.45, 7) is 3.68. The largest absolute Gasteiger partial charge is 0.394 e. The fourth-order valence-corrected chi connectivity index (χ4v) is 5.27. The highest BCUT2D eigenvalue weighted by Gasteiger charge is 2.44. The van der Waals surface area contributed by atoms with E-state index in [4.69, 9.17) is 9.47 Å². The Morgan fingerprint density at radius 1 is 0.786 bits per heavy atom. The van der Waals surface area contributed by atoms with E-state index in [1.165, 1.54) is 77.0 Å². The Bertz CT molecular complexity index is 676. The summed E-state index contributed by atoms with van der Waals surface area (Å²) in [6, 6.07) is -0.793. The van der Waals surface area contributed by atoms with Gasteiger partial charge in [-0.1, -0.05) is 122 Å². The molecule has 9 heteroatoms. The molecule has 0 aromatic heterocycles. The van der Waals surface area contributed by atoms with Gasteiger partial charge in [0, 0.05) is 6.42 Å². The van der Waals surface area contributed by atoms with Crippen molar-refractivity contribution < 1.29 is 39.8 Å². The molecule has 0 spiro atoms. The maximum Gasteiger partial charge on any atom is 0.220 e. The highest BCUT2D eigenvalue weighted by atomic mass is 16.7. The van der Waals surface area contributed by atoms with E-state index in [2.05, 4.69) is 19.2 Å². The molecule has 1 heterocycles. The molecule has 1 fully saturated rings. The second kappa shape index (κ2) is 25.3. The number of allylic oxidation sites excluding steroid dienone is 1. The van der Waals surface area contributed by atoms with Crippen molar-refractivity contribution in [2.45, 2.75) is 179 Å². The summed E-state index contributed by atoms with van der Waals surface area (Å²) < 4.78 is 11.1. The molecule has 9 nitrogen and oxygen atoms in total. The molecule has 1 rings (SSSR count). The molecular formula is C33H63NO8. The normalized spacial score (nSPS) is 24.2. The van der Waals surface area contributed by atoms with Crippen LogP contribution in [0, 0.1) is 0 Å². The van der Waals surface area contributed by atoms with Crippen LogP contribution in [0.4, 0.5) is 0 Å². The molecule has 248 valence electrons. The van der Waals surface area contributed by atoms with Crippen molar-refractivity contribution >= 4 is 5.91 Å². The Hall–Kier alpha value is -1.07. The Kier molecular flexibility index (Phi) is 23.4. The summed E-state index contributed by atoms with van der Waals surface area (Å²) in [5, 5.41) is 53.5. The van der Waals surface area contributed by atoms with Gasteiger partial charge in [0.05, 0.1) is 25.4 Å². The molecule has 1 aliphatic heterocycles. The maximum atomic E-state index is 12.7. The zero-order valence-corrected chi connectivity index (χ0v) is 26.5. The van der Waals surface area contributed by atoms with Crippen LogP contribution in [0.25, 0.3) is 0 Å². The fraction of sp³-hybridized carbons (Fsp3) is 0.909. The van der Waals surface area contributed by atoms with Crippen LogP contribution in [0.3, 0.4) is 0 Å². The van der Waals surface area contributed by atoms with Gasteiger partial charge in [-0.2, -0.15) is 0 Å². The molecular weight excluding hydrogens is 538 g/mol. The molecule has 1 amide bonds. The average Bonchev–Trinajstić information content (AvgIpc) is 2.98. The smallest absolute Gasteiger partial charge is 0.220 e. The van der Waals surface area contributed by atoms with Crippen LogP contribution in [-0.2, 0) is 14.3 Å². The van der Waals surface area contributed by atoms with E-state index in [0.717, 1.165) is 38.5 Å². The first kappa shape index (κ1) is 39.0. The zero-order valence-electron chi connectivity index (χ0n) is 26.5. The number of carbonyl (C=O) groups is 1. The minimum Gasteiger partial charge on any atom is -0.394 e. The van der Waals surface area contributed by atoms with E-state index in [-0.39, 0.29) is 12.5 Å². The first-order valence-electron chi connectivity index (χ1n) is 16.9. The standard InChI is InChI=1S/C33H63NO8/c1-3-5-7-9-11-13-15-17-19-21-23-29(37)34-26(27(36)22-20-18-16-14-12-10-8-6-4-2)25-41-33-32(40)31(39)30(38)28(24-35)42-33/h20,22,26-28,30-33,35-36,38-40H,3-19,21,23-25H2,1-2H3,(H,34,37)/b22-20+. The molecule has 42 heavy (non-hydrogen) atoms. The number of ether oxygens (including phenoxy) is 2. The van der Waals surface area contributed by atoms with Crippen molar-refractivity contribution in [2.75, 3.05) is 13.2 Å². The monoisotopic (exact) mass is 601 g/mol. The predicted molar refractivity (Wildman–Crippen MR) is 166 cm³/mol. The number of nitrogens with one attached hydrogen (secondary N) is 1. The van der Waals surface area contributed by atoms with E-state index in [9.17, 15) is 30.3 Å². The Labute approximate surface area is 255 Å². The third-order valence-corrected chi connectivity index (χ3v) is 8.11. The molecule has 0 bridgehead atoms. The first-order chi connectivity index (χ1) is 20.3. The van der Waals surface area contributed by atoms with Crippen molar-refractivity contribution in [3.05, 3.63) is 12.2 Å². The van der Waals surface area contributed by atoms with E-state index >= 15 is 0 Å². The van der Waals surface area contributed by atoms with Gasteiger partial charge in [-0.05, 0) is 19.3 Å². The summed E-state index contributed by atoms with van der Waals surface area (Å²) in [6.07, 6.45) is 16.9. The molecule has 0 radical (unpaired) electrons. The van der Waals surface area contributed by atoms with Gasteiger partial charge in [-0.15, -0.1) is 0 Å². The summed E-state index contributed by atoms with van der Waals surface area (Å²) in [4.78, 5) is 12.7. The molecule has 1 aliphatic rings. The number of hydrogen-bond donors (Lipinski definition) is 6. The lowest BCUT2D eigenvalue weighted by Gasteiger charge is -2.40. The van der Waals surface area contributed by atoms with Crippen LogP contribution in [0.2, 0.25) is 0 Å². The Morgan fingerprint density at radius 2 is 1.31 bits per heavy atom. The van der Waals surface area contributed by atoms with Crippen molar-refractivity contribution in [3.63, 3.8) is 0 Å². The molecule has 7 unspecified atom stereocenters. The van der Waals surface area contributed by atoms with E-state index in [0.29, 0.717) is 6.42 Å². The van der Waals surface area contributed by atoms with E-state index in [1.807, 2.05) is 6.08 Å². The lowest BCUT2D eigenvalue weighted by atomic mass is 9.99. The number of rotatable bonds is 26. The van der Waals surface area contributed by atoms with Crippen LogP contribution in [-0.4, -0.2) is 87.5 Å². The third kappa shape index (κ3) is 17.3. The summed E-state index contributed by atoms with van der Waals surface area (Å²) in [7, 11) is 0. The highest BCUT2D eigenvalue weighted by molar-refractivity contribution is 5.76. The molecule has 0 saturated carbocycles. The van der Waals surface area contributed by atoms with Crippen molar-refractivity contribution in [3.8, 4) is 0 Å². The minimum atomic E-state index is -1.56. The molecule has 6 N–H and O–H groups in total. The molecule has 7 atom stereocenters. The highest BCUT2D eigenvalue weighted by Crippen LogP contribution is 2.22. The average molecular weight is 602 g/mol. The summed E-state index contributed by atoms with van der Waals surface area (Å²) in [5.74, 6) is -0.184. The van der Waals surface area contributed by atoms with Gasteiger partial charge in [0.1, 0.15) is 24.4 Å². The Balaban J connectivity index is 2.53. The third-order valence-electron chi connectivity index (χ3n) is 8.11. The quantitative estimate of drug-likeness (QED) is 0.0620. The lowest BCUT2D eigenvalue weighted by molar-refractivity contribution is -0.302. The Morgan fingerprint density at radius 3 is 1.86 bits per heavy atom. The second-order valence-corrected chi connectivity index (χ2v) is 12.0. The van der Waals surface area contributed by atoms with Gasteiger partial charge in [-0.25, -0.2) is 0 Å². The number of aliphatic hydroxyl groups excluding tert-OH is 5. The maximum absolute atomic E-state index is 12.7. The SMILES string of the molecule is CCCCCCCCC/C=C/C(O)C(COC1OC(CO)C(O)C(O)C1O)NC(=O)CCCCCCCCCCCC. The predicted octanol–water partition coefficient (Wildman–Crippen LogP) is 4.66. The van der Waals surface area contributed by atoms with Crippen LogP contribution >= 0.6 is 0 Å². The topological polar surface area (TPSA) is 149 Å². The number of hydrogen-bond acceptors (Lipinski definition) is 8. The molecule has 0 aromatic rings. The first-order valence-corrected chi connectivity index (χ1v) is 16.9. The van der Waals surface area contributed by atoms with Gasteiger partial charge >= 0.3 is 0 Å².